The van der Waals surface area contributed by atoms with Crippen molar-refractivity contribution in [3.8, 4) is 0 Å². The summed E-state index contributed by atoms with van der Waals surface area (Å²) in [4.78, 5) is 11.0. The van der Waals surface area contributed by atoms with Crippen LogP contribution in [-0.2, 0) is 12.2 Å². The quantitative estimate of drug-likeness (QED) is 0.529. The lowest BCUT2D eigenvalue weighted by Gasteiger charge is -2.05. The summed E-state index contributed by atoms with van der Waals surface area (Å²) in [5.74, 6) is 6.39. The lowest BCUT2D eigenvalue weighted by atomic mass is 10.1. The fourth-order valence-electron chi connectivity index (χ4n) is 2.25. The van der Waals surface area contributed by atoms with Crippen LogP contribution in [0.2, 0.25) is 0 Å². The van der Waals surface area contributed by atoms with Crippen molar-refractivity contribution in [3.05, 3.63) is 77.1 Å². The van der Waals surface area contributed by atoms with Gasteiger partial charge in [0, 0.05) is 12.2 Å². The molecule has 0 saturated carbocycles. The number of nitrogen functional groups attached to an aromatic ring is 1. The molecule has 0 bridgehead atoms. The first-order valence-electron chi connectivity index (χ1n) is 7.32. The van der Waals surface area contributed by atoms with E-state index in [1.165, 1.54) is 16.4 Å². The van der Waals surface area contributed by atoms with E-state index >= 15 is 0 Å². The number of hydrogen-bond donors (Lipinski definition) is 2. The van der Waals surface area contributed by atoms with Crippen molar-refractivity contribution in [2.75, 3.05) is 5.84 Å². The summed E-state index contributed by atoms with van der Waals surface area (Å²) in [6.07, 6.45) is 0.611. The molecule has 24 heavy (non-hydrogen) atoms. The fraction of sp³-hybridized carbons (Fsp3) is 0.118. The van der Waals surface area contributed by atoms with Crippen LogP contribution < -0.4 is 5.84 Å². The Hall–Kier alpha value is -2.80. The molecular weight excluding hydrogens is 324 g/mol. The predicted octanol–water partition coefficient (Wildman–Crippen LogP) is 2.57. The van der Waals surface area contributed by atoms with E-state index in [4.69, 9.17) is 10.9 Å². The van der Waals surface area contributed by atoms with Crippen molar-refractivity contribution in [3.63, 3.8) is 0 Å². The molecule has 0 radical (unpaired) electrons. The lowest BCUT2D eigenvalue weighted by Crippen LogP contribution is -2.14. The predicted molar refractivity (Wildman–Crippen MR) is 92.4 cm³/mol. The van der Waals surface area contributed by atoms with E-state index in [9.17, 15) is 4.79 Å². The Morgan fingerprint density at radius 3 is 2.58 bits per heavy atom. The summed E-state index contributed by atoms with van der Waals surface area (Å²) in [6.45, 7) is 0. The number of carboxylic acid groups (broad SMARTS) is 1. The molecule has 0 aliphatic carbocycles. The van der Waals surface area contributed by atoms with Crippen molar-refractivity contribution < 1.29 is 9.90 Å². The third-order valence-corrected chi connectivity index (χ3v) is 4.50. The Labute approximate surface area is 143 Å². The van der Waals surface area contributed by atoms with E-state index in [-0.39, 0.29) is 5.56 Å². The van der Waals surface area contributed by atoms with Crippen LogP contribution in [0.3, 0.4) is 0 Å². The molecule has 1 aromatic heterocycles. The van der Waals surface area contributed by atoms with Gasteiger partial charge in [-0.2, -0.15) is 0 Å². The molecule has 3 aromatic rings. The Kier molecular flexibility index (Phi) is 4.81. The molecule has 7 heteroatoms. The second-order valence-electron chi connectivity index (χ2n) is 5.23. The van der Waals surface area contributed by atoms with Crippen molar-refractivity contribution in [2.45, 2.75) is 17.3 Å². The smallest absolute Gasteiger partial charge is 0.335 e. The Bertz CT molecular complexity index is 849. The van der Waals surface area contributed by atoms with Crippen LogP contribution in [0.1, 0.15) is 27.3 Å². The molecule has 6 nitrogen and oxygen atoms in total. The van der Waals surface area contributed by atoms with Gasteiger partial charge >= 0.3 is 5.97 Å². The Morgan fingerprint density at radius 1 is 1.08 bits per heavy atom. The highest BCUT2D eigenvalue weighted by Crippen LogP contribution is 2.21. The van der Waals surface area contributed by atoms with Crippen molar-refractivity contribution >= 4 is 17.7 Å². The summed E-state index contributed by atoms with van der Waals surface area (Å²) in [5, 5.41) is 17.9. The first-order chi connectivity index (χ1) is 11.6. The van der Waals surface area contributed by atoms with Gasteiger partial charge in [-0.15, -0.1) is 10.2 Å². The minimum absolute atomic E-state index is 0.270. The van der Waals surface area contributed by atoms with Gasteiger partial charge in [0.25, 0.3) is 0 Å². The van der Waals surface area contributed by atoms with Crippen LogP contribution in [0.5, 0.6) is 0 Å². The van der Waals surface area contributed by atoms with Gasteiger partial charge in [-0.25, -0.2) is 9.47 Å². The molecule has 2 aromatic carbocycles. The van der Waals surface area contributed by atoms with Crippen molar-refractivity contribution in [1.29, 1.82) is 0 Å². The van der Waals surface area contributed by atoms with E-state index in [2.05, 4.69) is 10.2 Å². The highest BCUT2D eigenvalue weighted by molar-refractivity contribution is 7.98. The average Bonchev–Trinajstić information content (AvgIpc) is 2.94. The molecule has 0 atom stereocenters. The van der Waals surface area contributed by atoms with Crippen LogP contribution in [-0.4, -0.2) is 25.9 Å². The Morgan fingerprint density at radius 2 is 1.83 bits per heavy atom. The Balaban J connectivity index is 1.68. The molecule has 1 heterocycles. The number of benzene rings is 2. The fourth-order valence-corrected chi connectivity index (χ4v) is 3.06. The molecule has 0 saturated heterocycles. The molecular formula is C17H16N4O2S. The molecule has 0 aliphatic heterocycles. The number of nitrogens with zero attached hydrogens (tertiary/aromatic N) is 3. The van der Waals surface area contributed by atoms with E-state index < -0.39 is 5.97 Å². The van der Waals surface area contributed by atoms with Crippen LogP contribution in [0.25, 0.3) is 0 Å². The zero-order valence-electron chi connectivity index (χ0n) is 12.8. The maximum atomic E-state index is 11.0. The standard InChI is InChI=1S/C17H16N4O2S/c18-21-15(10-12-5-2-1-3-6-12)19-20-17(21)24-11-13-7-4-8-14(9-13)16(22)23/h1-9H,10-11,18H2,(H,22,23). The topological polar surface area (TPSA) is 94.0 Å². The number of hydrogen-bond acceptors (Lipinski definition) is 5. The molecule has 0 amide bonds. The van der Waals surface area contributed by atoms with Gasteiger partial charge in [-0.3, -0.25) is 0 Å². The van der Waals surface area contributed by atoms with Gasteiger partial charge in [0.1, 0.15) is 0 Å². The van der Waals surface area contributed by atoms with Gasteiger partial charge < -0.3 is 10.9 Å². The molecule has 122 valence electrons. The van der Waals surface area contributed by atoms with Crippen molar-refractivity contribution in [1.82, 2.24) is 14.9 Å². The van der Waals surface area contributed by atoms with Gasteiger partial charge in [0.05, 0.1) is 5.56 Å². The minimum Gasteiger partial charge on any atom is -0.478 e. The summed E-state index contributed by atoms with van der Waals surface area (Å²) in [7, 11) is 0. The maximum Gasteiger partial charge on any atom is 0.335 e. The molecule has 3 rings (SSSR count). The zero-order valence-corrected chi connectivity index (χ0v) is 13.6. The summed E-state index contributed by atoms with van der Waals surface area (Å²) < 4.78 is 1.48. The first kappa shape index (κ1) is 16.1. The monoisotopic (exact) mass is 340 g/mol. The molecule has 3 N–H and O–H groups in total. The van der Waals surface area contributed by atoms with Crippen molar-refractivity contribution in [2.24, 2.45) is 0 Å². The number of rotatable bonds is 6. The second-order valence-corrected chi connectivity index (χ2v) is 6.17. The lowest BCUT2D eigenvalue weighted by molar-refractivity contribution is 0.0697. The molecule has 0 fully saturated rings. The number of nitrogens with two attached hydrogens (primary N) is 1. The summed E-state index contributed by atoms with van der Waals surface area (Å²) in [5.41, 5.74) is 2.28. The van der Waals surface area contributed by atoms with Crippen LogP contribution in [0, 0.1) is 0 Å². The minimum atomic E-state index is -0.936. The van der Waals surface area contributed by atoms with Gasteiger partial charge in [0.2, 0.25) is 5.16 Å². The number of aromatic nitrogens is 3. The third kappa shape index (κ3) is 3.75. The number of carbonyl (C=O) groups is 1. The average molecular weight is 340 g/mol. The van der Waals surface area contributed by atoms with Gasteiger partial charge in [-0.1, -0.05) is 54.2 Å². The summed E-state index contributed by atoms with van der Waals surface area (Å²) >= 11 is 1.42. The molecule has 0 spiro atoms. The summed E-state index contributed by atoms with van der Waals surface area (Å²) in [6, 6.07) is 16.8. The van der Waals surface area contributed by atoms with Gasteiger partial charge in [0.15, 0.2) is 5.82 Å². The molecule has 0 aliphatic rings. The van der Waals surface area contributed by atoms with E-state index in [0.29, 0.717) is 23.2 Å². The highest BCUT2D eigenvalue weighted by Gasteiger charge is 2.11. The largest absolute Gasteiger partial charge is 0.478 e. The second kappa shape index (κ2) is 7.18. The first-order valence-corrected chi connectivity index (χ1v) is 8.30. The maximum absolute atomic E-state index is 11.0. The van der Waals surface area contributed by atoms with Crippen LogP contribution >= 0.6 is 11.8 Å². The number of thioether (sulfide) groups is 1. The number of aromatic carboxylic acids is 1. The van der Waals surface area contributed by atoms with E-state index in [1.807, 2.05) is 36.4 Å². The van der Waals surface area contributed by atoms with E-state index in [1.54, 1.807) is 18.2 Å². The van der Waals surface area contributed by atoms with Gasteiger partial charge in [-0.05, 0) is 23.3 Å². The third-order valence-electron chi connectivity index (χ3n) is 3.48. The number of carboxylic acids is 1. The van der Waals surface area contributed by atoms with E-state index in [0.717, 1.165) is 11.1 Å². The zero-order chi connectivity index (χ0) is 16.9. The van der Waals surface area contributed by atoms with Crippen LogP contribution in [0.4, 0.5) is 0 Å². The highest BCUT2D eigenvalue weighted by atomic mass is 32.2. The van der Waals surface area contributed by atoms with Crippen LogP contribution in [0.15, 0.2) is 59.8 Å². The normalized spacial score (nSPS) is 10.7. The SMILES string of the molecule is Nn1c(Cc2ccccc2)nnc1SCc1cccc(C(=O)O)c1. The molecule has 0 unspecified atom stereocenters.